The Morgan fingerprint density at radius 2 is 1.53 bits per heavy atom. The van der Waals surface area contributed by atoms with Gasteiger partial charge in [0.05, 0.1) is 17.9 Å². The van der Waals surface area contributed by atoms with Crippen LogP contribution in [0.25, 0.3) is 0 Å². The number of piperidine rings is 1. The van der Waals surface area contributed by atoms with E-state index in [1.165, 1.54) is 17.7 Å². The van der Waals surface area contributed by atoms with Gasteiger partial charge in [-0.25, -0.2) is 4.79 Å². The van der Waals surface area contributed by atoms with Crippen molar-refractivity contribution in [2.75, 3.05) is 38.3 Å². The minimum absolute atomic E-state index is 0.0515. The van der Waals surface area contributed by atoms with Crippen LogP contribution >= 0.6 is 0 Å². The molecule has 3 fully saturated rings. The Hall–Kier alpha value is -4.05. The van der Waals surface area contributed by atoms with E-state index in [-0.39, 0.29) is 42.4 Å². The SMILES string of the molecule is CN(C(=O)OCc1ccccc1)C1CCC(CCN2CCC3(CC2)C(=O)NCN3c2ccccc2C(F)(F)F)(c2ccccc2)CC1. The van der Waals surface area contributed by atoms with E-state index in [0.717, 1.165) is 50.3 Å². The van der Waals surface area contributed by atoms with Crippen molar-refractivity contribution in [3.8, 4) is 0 Å². The average molecular weight is 649 g/mol. The van der Waals surface area contributed by atoms with E-state index >= 15 is 0 Å². The van der Waals surface area contributed by atoms with Crippen LogP contribution in [-0.4, -0.2) is 66.7 Å². The van der Waals surface area contributed by atoms with Gasteiger partial charge in [0.2, 0.25) is 5.91 Å². The summed E-state index contributed by atoms with van der Waals surface area (Å²) in [6.07, 6.45) is 0.614. The fourth-order valence-corrected chi connectivity index (χ4v) is 7.86. The van der Waals surface area contributed by atoms with Gasteiger partial charge in [0.25, 0.3) is 0 Å². The van der Waals surface area contributed by atoms with Gasteiger partial charge in [-0.15, -0.1) is 0 Å². The lowest BCUT2D eigenvalue weighted by Gasteiger charge is -2.46. The molecule has 250 valence electrons. The second kappa shape index (κ2) is 13.6. The number of nitrogens with zero attached hydrogens (tertiary/aromatic N) is 3. The molecule has 2 saturated heterocycles. The van der Waals surface area contributed by atoms with Crippen molar-refractivity contribution < 1.29 is 27.5 Å². The van der Waals surface area contributed by atoms with Gasteiger partial charge in [0.1, 0.15) is 12.1 Å². The summed E-state index contributed by atoms with van der Waals surface area (Å²) in [7, 11) is 1.83. The fourth-order valence-electron chi connectivity index (χ4n) is 7.86. The van der Waals surface area contributed by atoms with E-state index in [4.69, 9.17) is 4.74 Å². The van der Waals surface area contributed by atoms with Gasteiger partial charge < -0.3 is 24.8 Å². The highest BCUT2D eigenvalue weighted by atomic mass is 19.4. The number of para-hydroxylation sites is 1. The average Bonchev–Trinajstić information content (AvgIpc) is 3.41. The summed E-state index contributed by atoms with van der Waals surface area (Å²) >= 11 is 0. The summed E-state index contributed by atoms with van der Waals surface area (Å²) in [5.74, 6) is -0.195. The van der Waals surface area contributed by atoms with Crippen LogP contribution in [0.4, 0.5) is 23.7 Å². The monoisotopic (exact) mass is 648 g/mol. The maximum Gasteiger partial charge on any atom is 0.418 e. The zero-order chi connectivity index (χ0) is 33.1. The maximum atomic E-state index is 13.9. The van der Waals surface area contributed by atoms with Crippen LogP contribution < -0.4 is 10.2 Å². The molecule has 0 bridgehead atoms. The number of amides is 2. The summed E-state index contributed by atoms with van der Waals surface area (Å²) in [4.78, 5) is 31.8. The number of halogens is 3. The molecule has 6 rings (SSSR count). The third-order valence-electron chi connectivity index (χ3n) is 10.8. The summed E-state index contributed by atoms with van der Waals surface area (Å²) in [6, 6.07) is 25.9. The Morgan fingerprint density at radius 3 is 2.19 bits per heavy atom. The second-order valence-electron chi connectivity index (χ2n) is 13.3. The molecule has 1 N–H and O–H groups in total. The van der Waals surface area contributed by atoms with E-state index in [0.29, 0.717) is 25.9 Å². The van der Waals surface area contributed by atoms with Crippen LogP contribution in [-0.2, 0) is 27.7 Å². The lowest BCUT2D eigenvalue weighted by Crippen LogP contribution is -2.57. The summed E-state index contributed by atoms with van der Waals surface area (Å²) in [5, 5.41) is 2.83. The van der Waals surface area contributed by atoms with E-state index in [9.17, 15) is 22.8 Å². The van der Waals surface area contributed by atoms with E-state index < -0.39 is 17.3 Å². The first-order valence-corrected chi connectivity index (χ1v) is 16.5. The topological polar surface area (TPSA) is 65.1 Å². The van der Waals surface area contributed by atoms with Gasteiger partial charge in [-0.2, -0.15) is 13.2 Å². The number of carbonyl (C=O) groups excluding carboxylic acids is 2. The molecule has 3 aromatic rings. The summed E-state index contributed by atoms with van der Waals surface area (Å²) in [5.41, 5.74) is 0.550. The predicted molar refractivity (Wildman–Crippen MR) is 175 cm³/mol. The van der Waals surface area contributed by atoms with Crippen molar-refractivity contribution >= 4 is 17.7 Å². The number of carbonyl (C=O) groups is 2. The third kappa shape index (κ3) is 6.84. The number of rotatable bonds is 8. The molecular formula is C37H43F3N4O3. The van der Waals surface area contributed by atoms with Gasteiger partial charge >= 0.3 is 12.3 Å². The largest absolute Gasteiger partial charge is 0.445 e. The lowest BCUT2D eigenvalue weighted by atomic mass is 9.66. The van der Waals surface area contributed by atoms with Crippen molar-refractivity contribution in [2.24, 2.45) is 0 Å². The summed E-state index contributed by atoms with van der Waals surface area (Å²) < 4.78 is 47.3. The van der Waals surface area contributed by atoms with Crippen molar-refractivity contribution in [3.63, 3.8) is 0 Å². The second-order valence-corrected chi connectivity index (χ2v) is 13.3. The first kappa shape index (κ1) is 32.9. The number of nitrogens with one attached hydrogen (secondary N) is 1. The van der Waals surface area contributed by atoms with Crippen LogP contribution in [0.5, 0.6) is 0 Å². The molecule has 0 atom stereocenters. The normalized spacial score (nSPS) is 23.0. The minimum Gasteiger partial charge on any atom is -0.445 e. The minimum atomic E-state index is -4.51. The highest BCUT2D eigenvalue weighted by molar-refractivity contribution is 5.93. The van der Waals surface area contributed by atoms with Crippen LogP contribution in [0.15, 0.2) is 84.9 Å². The van der Waals surface area contributed by atoms with Gasteiger partial charge in [-0.05, 0) is 80.2 Å². The number of hydrogen-bond acceptors (Lipinski definition) is 5. The third-order valence-corrected chi connectivity index (χ3v) is 10.8. The number of alkyl halides is 3. The standard InChI is InChI=1S/C37H43F3N4O3/c1-42(34(46)47-26-28-10-4-2-5-11-28)30-16-18-35(19-17-30,29-12-6-3-7-13-29)20-23-43-24-21-36(22-25-43)33(45)41-27-44(36)32-15-9-8-14-31(32)37(38,39)40/h2-15,30H,16-27H2,1H3,(H,41,45). The molecular weight excluding hydrogens is 605 g/mol. The van der Waals surface area contributed by atoms with Crippen molar-refractivity contribution in [2.45, 2.75) is 74.7 Å². The van der Waals surface area contributed by atoms with Gasteiger partial charge in [-0.1, -0.05) is 72.8 Å². The van der Waals surface area contributed by atoms with E-state index in [1.807, 2.05) is 43.4 Å². The smallest absolute Gasteiger partial charge is 0.418 e. The van der Waals surface area contributed by atoms with Crippen LogP contribution in [0.3, 0.4) is 0 Å². The van der Waals surface area contributed by atoms with E-state index in [1.54, 1.807) is 15.9 Å². The molecule has 47 heavy (non-hydrogen) atoms. The van der Waals surface area contributed by atoms with Gasteiger partial charge in [0, 0.05) is 26.2 Å². The molecule has 1 aliphatic carbocycles. The molecule has 7 nitrogen and oxygen atoms in total. The maximum absolute atomic E-state index is 13.9. The first-order chi connectivity index (χ1) is 22.6. The highest BCUT2D eigenvalue weighted by Gasteiger charge is 2.52. The Bertz CT molecular complexity index is 1520. The first-order valence-electron chi connectivity index (χ1n) is 16.5. The molecule has 3 aliphatic rings. The Labute approximate surface area is 274 Å². The van der Waals surface area contributed by atoms with E-state index in [2.05, 4.69) is 34.5 Å². The molecule has 0 aromatic heterocycles. The molecule has 0 radical (unpaired) electrons. The number of anilines is 1. The van der Waals surface area contributed by atoms with Crippen LogP contribution in [0.1, 0.15) is 61.6 Å². The number of likely N-dealkylation sites (tertiary alicyclic amines) is 1. The van der Waals surface area contributed by atoms with Crippen molar-refractivity contribution in [1.82, 2.24) is 15.1 Å². The molecule has 1 saturated carbocycles. The number of ether oxygens (including phenoxy) is 1. The number of benzene rings is 3. The van der Waals surface area contributed by atoms with Crippen molar-refractivity contribution in [3.05, 3.63) is 102 Å². The van der Waals surface area contributed by atoms with Crippen molar-refractivity contribution in [1.29, 1.82) is 0 Å². The molecule has 10 heteroatoms. The molecule has 2 aliphatic heterocycles. The molecule has 2 heterocycles. The highest BCUT2D eigenvalue weighted by Crippen LogP contribution is 2.45. The number of hydrogen-bond donors (Lipinski definition) is 1. The Morgan fingerprint density at radius 1 is 0.915 bits per heavy atom. The van der Waals surface area contributed by atoms with Gasteiger partial charge in [0.15, 0.2) is 0 Å². The van der Waals surface area contributed by atoms with Crippen LogP contribution in [0.2, 0.25) is 0 Å². The fraction of sp³-hybridized carbons (Fsp3) is 0.459. The van der Waals surface area contributed by atoms with Crippen LogP contribution in [0, 0.1) is 0 Å². The molecule has 0 unspecified atom stereocenters. The molecule has 3 aromatic carbocycles. The quantitative estimate of drug-likeness (QED) is 0.286. The summed E-state index contributed by atoms with van der Waals surface area (Å²) in [6.45, 7) is 2.39. The zero-order valence-electron chi connectivity index (χ0n) is 26.8. The van der Waals surface area contributed by atoms with Gasteiger partial charge in [-0.3, -0.25) is 4.79 Å². The predicted octanol–water partition coefficient (Wildman–Crippen LogP) is 6.97. The Kier molecular flexibility index (Phi) is 9.50. The molecule has 2 amide bonds. The molecule has 1 spiro atoms. The zero-order valence-corrected chi connectivity index (χ0v) is 26.8. The Balaban J connectivity index is 1.09. The lowest BCUT2D eigenvalue weighted by molar-refractivity contribution is -0.137.